The second kappa shape index (κ2) is 12.1. The highest BCUT2D eigenvalue weighted by molar-refractivity contribution is 7.19. The van der Waals surface area contributed by atoms with Crippen molar-refractivity contribution in [3.05, 3.63) is 172 Å². The van der Waals surface area contributed by atoms with Crippen LogP contribution in [0.4, 0.5) is 17.1 Å². The van der Waals surface area contributed by atoms with Crippen LogP contribution in [0.2, 0.25) is 0 Å². The van der Waals surface area contributed by atoms with E-state index in [-0.39, 0.29) is 16.9 Å². The number of allylic oxidation sites excluding steroid dienone is 3. The minimum absolute atomic E-state index is 0.109. The molecule has 9 rings (SSSR count). The van der Waals surface area contributed by atoms with Crippen LogP contribution in [-0.4, -0.2) is 14.5 Å². The largest absolute Gasteiger partial charge is 0.310 e. The van der Waals surface area contributed by atoms with Crippen LogP contribution < -0.4 is 4.90 Å². The fourth-order valence-corrected chi connectivity index (χ4v) is 9.15. The molecule has 0 N–H and O–H groups in total. The summed E-state index contributed by atoms with van der Waals surface area (Å²) in [6.45, 7) is 12.2. The van der Waals surface area contributed by atoms with Gasteiger partial charge in [-0.2, -0.15) is 8.75 Å². The Hall–Kier alpha value is -6.45. The number of hydrogen-bond acceptors (Lipinski definition) is 7. The highest BCUT2D eigenvalue weighted by atomic mass is 32.1. The average molecular weight is 706 g/mol. The summed E-state index contributed by atoms with van der Waals surface area (Å²) in [6, 6.07) is 43.4. The van der Waals surface area contributed by atoms with Crippen molar-refractivity contribution in [1.82, 2.24) is 8.75 Å². The first kappa shape index (κ1) is 31.5. The van der Waals surface area contributed by atoms with E-state index in [1.807, 2.05) is 30.3 Å². The number of fused-ring (bicyclic) bond motifs is 4. The summed E-state index contributed by atoms with van der Waals surface area (Å²) < 4.78 is 9.34. The van der Waals surface area contributed by atoms with Crippen LogP contribution in [0.5, 0.6) is 0 Å². The number of carbonyl (C=O) groups excluding carboxylic acids is 1. The van der Waals surface area contributed by atoms with Crippen molar-refractivity contribution < 1.29 is 4.79 Å². The zero-order valence-electron chi connectivity index (χ0n) is 28.1. The minimum atomic E-state index is -0.214. The first-order valence-corrected chi connectivity index (χ1v) is 18.3. The summed E-state index contributed by atoms with van der Waals surface area (Å²) in [5.74, 6) is -0.214. The zero-order chi connectivity index (χ0) is 35.6. The molecule has 5 aromatic carbocycles. The van der Waals surface area contributed by atoms with Crippen LogP contribution in [0.3, 0.4) is 0 Å². The molecule has 0 bridgehead atoms. The molecule has 7 aromatic rings. The number of aromatic nitrogens is 2. The molecule has 0 atom stereocenters. The number of Topliss-reactive ketones (excluding diaryl/α,β-unsaturated/α-hetero) is 1. The van der Waals surface area contributed by atoms with Gasteiger partial charge in [0.2, 0.25) is 0 Å². The molecular formula is C44H27N5OS2. The van der Waals surface area contributed by atoms with Crippen molar-refractivity contribution in [2.45, 2.75) is 19.3 Å². The van der Waals surface area contributed by atoms with Crippen LogP contribution in [0.15, 0.2) is 133 Å². The lowest BCUT2D eigenvalue weighted by molar-refractivity contribution is 0.104. The third kappa shape index (κ3) is 4.77. The summed E-state index contributed by atoms with van der Waals surface area (Å²) >= 11 is 2.83. The van der Waals surface area contributed by atoms with Crippen molar-refractivity contribution in [1.29, 1.82) is 5.26 Å². The first-order chi connectivity index (χ1) is 25.4. The second-order valence-corrected chi connectivity index (χ2v) is 14.9. The van der Waals surface area contributed by atoms with Crippen LogP contribution >= 0.6 is 23.1 Å². The van der Waals surface area contributed by atoms with Gasteiger partial charge < -0.3 is 4.90 Å². The van der Waals surface area contributed by atoms with E-state index in [0.717, 1.165) is 43.8 Å². The van der Waals surface area contributed by atoms with E-state index in [1.165, 1.54) is 22.5 Å². The highest BCUT2D eigenvalue weighted by Gasteiger charge is 2.37. The van der Waals surface area contributed by atoms with Crippen LogP contribution in [0, 0.1) is 17.9 Å². The first-order valence-electron chi connectivity index (χ1n) is 16.7. The van der Waals surface area contributed by atoms with Crippen molar-refractivity contribution in [2.75, 3.05) is 4.90 Å². The molecule has 0 amide bonds. The summed E-state index contributed by atoms with van der Waals surface area (Å²) in [6.07, 6.45) is 1.75. The lowest BCUT2D eigenvalue weighted by Crippen LogP contribution is -2.30. The molecular weight excluding hydrogens is 679 g/mol. The Labute approximate surface area is 309 Å². The Bertz CT molecular complexity index is 2760. The van der Waals surface area contributed by atoms with Gasteiger partial charge in [0.05, 0.1) is 35.7 Å². The van der Waals surface area contributed by atoms with Gasteiger partial charge in [0.1, 0.15) is 11.0 Å². The van der Waals surface area contributed by atoms with Crippen molar-refractivity contribution >= 4 is 68.6 Å². The quantitative estimate of drug-likeness (QED) is 0.104. The number of para-hydroxylation sites is 2. The van der Waals surface area contributed by atoms with E-state index < -0.39 is 0 Å². The number of thiophene rings is 1. The van der Waals surface area contributed by atoms with Crippen LogP contribution in [0.1, 0.15) is 46.5 Å². The molecule has 246 valence electrons. The van der Waals surface area contributed by atoms with E-state index in [0.29, 0.717) is 33.4 Å². The predicted molar refractivity (Wildman–Crippen MR) is 211 cm³/mol. The summed E-state index contributed by atoms with van der Waals surface area (Å²) in [4.78, 5) is 21.6. The van der Waals surface area contributed by atoms with Crippen molar-refractivity contribution in [2.24, 2.45) is 0 Å². The van der Waals surface area contributed by atoms with Gasteiger partial charge in [-0.3, -0.25) is 4.79 Å². The zero-order valence-corrected chi connectivity index (χ0v) is 29.7. The molecule has 2 aromatic heterocycles. The van der Waals surface area contributed by atoms with E-state index in [4.69, 9.17) is 10.9 Å². The van der Waals surface area contributed by atoms with E-state index in [9.17, 15) is 10.1 Å². The van der Waals surface area contributed by atoms with Gasteiger partial charge in [-0.05, 0) is 70.8 Å². The maximum atomic E-state index is 13.6. The number of anilines is 3. The van der Waals surface area contributed by atoms with E-state index in [2.05, 4.69) is 107 Å². The summed E-state index contributed by atoms with van der Waals surface area (Å²) in [7, 11) is 0. The average Bonchev–Trinajstić information content (AvgIpc) is 3.93. The molecule has 6 nitrogen and oxygen atoms in total. The Morgan fingerprint density at radius 3 is 2.31 bits per heavy atom. The van der Waals surface area contributed by atoms with Gasteiger partial charge in [0, 0.05) is 48.7 Å². The SMILES string of the molecule is [C-]#[N+]/C(C#N)=C1\C(=Cc2ccc(-c3ccc(-c4ccc5c(c4)C(C)(C)c4ccccc4N5c4ccccc4)s3)c3nsnc23)C(=O)c2ccccc21. The Morgan fingerprint density at radius 1 is 0.788 bits per heavy atom. The Morgan fingerprint density at radius 2 is 1.50 bits per heavy atom. The van der Waals surface area contributed by atoms with E-state index >= 15 is 0 Å². The maximum absolute atomic E-state index is 13.6. The number of nitrogens with zero attached hydrogens (tertiary/aromatic N) is 5. The number of rotatable bonds is 4. The van der Waals surface area contributed by atoms with Gasteiger partial charge in [0.15, 0.2) is 5.78 Å². The molecule has 1 aliphatic carbocycles. The fourth-order valence-electron chi connectivity index (χ4n) is 7.54. The smallest absolute Gasteiger partial charge is 0.270 e. The molecule has 0 spiro atoms. The molecule has 0 saturated heterocycles. The topological polar surface area (TPSA) is 74.2 Å². The molecule has 8 heteroatoms. The molecule has 0 saturated carbocycles. The van der Waals surface area contributed by atoms with Gasteiger partial charge in [-0.1, -0.05) is 92.7 Å². The summed E-state index contributed by atoms with van der Waals surface area (Å²) in [5, 5.41) is 9.77. The normalized spacial score (nSPS) is 15.9. The lowest BCUT2D eigenvalue weighted by Gasteiger charge is -2.42. The lowest BCUT2D eigenvalue weighted by atomic mass is 9.73. The molecule has 2 aliphatic rings. The van der Waals surface area contributed by atoms with E-state index in [1.54, 1.807) is 35.6 Å². The monoisotopic (exact) mass is 705 g/mol. The van der Waals surface area contributed by atoms with Crippen molar-refractivity contribution in [3.63, 3.8) is 0 Å². The summed E-state index contributed by atoms with van der Waals surface area (Å²) in [5.41, 5.74) is 11.7. The second-order valence-electron chi connectivity index (χ2n) is 13.3. The standard InChI is InChI=1S/C44H27N5OS2/c1-44(2)33-15-9-10-16-36(33)49(28-11-5-4-6-12-28)37-20-18-26(24-34(37)44)38-21-22-39(51-38)31-19-17-27(41-42(31)48-52-47-41)23-32-40(35(25-45)46-3)29-13-7-8-14-30(29)43(32)50/h4-24H,1-2H3/b32-23?,40-35-. The number of ketones is 1. The molecule has 0 unspecified atom stereocenters. The number of benzene rings is 5. The number of carbonyl (C=O) groups is 1. The fraction of sp³-hybridized carbons (Fsp3) is 0.0682. The molecule has 0 fully saturated rings. The molecule has 3 heterocycles. The third-order valence-electron chi connectivity index (χ3n) is 10.1. The number of nitriles is 1. The number of hydrogen-bond donors (Lipinski definition) is 0. The molecule has 1 aliphatic heterocycles. The van der Waals surface area contributed by atoms with Crippen molar-refractivity contribution in [3.8, 4) is 27.0 Å². The molecule has 0 radical (unpaired) electrons. The predicted octanol–water partition coefficient (Wildman–Crippen LogP) is 11.6. The van der Waals surface area contributed by atoms with Gasteiger partial charge in [0.25, 0.3) is 5.70 Å². The Balaban J connectivity index is 1.11. The maximum Gasteiger partial charge on any atom is 0.270 e. The van der Waals surface area contributed by atoms with Gasteiger partial charge in [-0.15, -0.1) is 11.3 Å². The highest BCUT2D eigenvalue weighted by Crippen LogP contribution is 2.53. The Kier molecular flexibility index (Phi) is 7.34. The minimum Gasteiger partial charge on any atom is -0.310 e. The van der Waals surface area contributed by atoms with Gasteiger partial charge in [-0.25, -0.2) is 10.1 Å². The van der Waals surface area contributed by atoms with Crippen LogP contribution in [-0.2, 0) is 5.41 Å². The van der Waals surface area contributed by atoms with Gasteiger partial charge >= 0.3 is 0 Å². The molecule has 52 heavy (non-hydrogen) atoms. The van der Waals surface area contributed by atoms with Crippen LogP contribution in [0.25, 0.3) is 48.4 Å². The third-order valence-corrected chi connectivity index (χ3v) is 11.8.